The zero-order chi connectivity index (χ0) is 18.9. The number of rotatable bonds is 4. The van der Waals surface area contributed by atoms with Crippen LogP contribution in [0.5, 0.6) is 0 Å². The number of piperazine rings is 1. The highest BCUT2D eigenvalue weighted by atomic mass is 16.6. The van der Waals surface area contributed by atoms with E-state index in [0.29, 0.717) is 19.0 Å². The van der Waals surface area contributed by atoms with Crippen molar-refractivity contribution in [2.24, 2.45) is 0 Å². The molecular weight excluding hydrogens is 330 g/mol. The number of β-amino-alcohol motifs (C(OH)–C–C–N with tert-alkyl or cyclic N) is 1. The number of aromatic nitrogens is 1. The minimum absolute atomic E-state index is 0.0519. The molecule has 144 valence electrons. The van der Waals surface area contributed by atoms with E-state index in [4.69, 9.17) is 4.74 Å². The predicted octanol–water partition coefficient (Wildman–Crippen LogP) is 2.93. The quantitative estimate of drug-likeness (QED) is 0.893. The highest BCUT2D eigenvalue weighted by Crippen LogP contribution is 2.39. The SMILES string of the molecule is C[C@@H]1CN(CC(O)c2ccc(C3CC3)cn2)CCN1C(=O)OC(C)(C)C. The summed E-state index contributed by atoms with van der Waals surface area (Å²) in [5, 5.41) is 10.5. The second-order valence-electron chi connectivity index (χ2n) is 8.59. The van der Waals surface area contributed by atoms with Crippen molar-refractivity contribution in [3.8, 4) is 0 Å². The lowest BCUT2D eigenvalue weighted by Gasteiger charge is -2.40. The summed E-state index contributed by atoms with van der Waals surface area (Å²) in [5.41, 5.74) is 1.51. The van der Waals surface area contributed by atoms with Crippen LogP contribution in [0.15, 0.2) is 18.3 Å². The lowest BCUT2D eigenvalue weighted by molar-refractivity contribution is -0.00445. The number of hydrogen-bond acceptors (Lipinski definition) is 5. The van der Waals surface area contributed by atoms with Crippen molar-refractivity contribution in [2.45, 2.75) is 64.2 Å². The number of aliphatic hydroxyl groups is 1. The van der Waals surface area contributed by atoms with Crippen LogP contribution in [0.1, 0.15) is 63.8 Å². The van der Waals surface area contributed by atoms with Gasteiger partial charge in [-0.2, -0.15) is 0 Å². The van der Waals surface area contributed by atoms with Gasteiger partial charge < -0.3 is 14.7 Å². The Balaban J connectivity index is 1.51. The number of carbonyl (C=O) groups is 1. The van der Waals surface area contributed by atoms with Gasteiger partial charge in [0, 0.05) is 38.4 Å². The second kappa shape index (κ2) is 7.53. The van der Waals surface area contributed by atoms with Crippen molar-refractivity contribution in [3.05, 3.63) is 29.6 Å². The molecule has 2 aliphatic rings. The second-order valence-corrected chi connectivity index (χ2v) is 8.59. The van der Waals surface area contributed by atoms with E-state index in [1.54, 1.807) is 4.90 Å². The number of hydrogen-bond donors (Lipinski definition) is 1. The standard InChI is InChI=1S/C20H31N3O3/c1-14-12-22(9-10-23(14)19(25)26-20(2,3)4)13-18(24)17-8-7-16(11-21-17)15-5-6-15/h7-8,11,14-15,18,24H,5-6,9-10,12-13H2,1-4H3/t14-,18?/m1/s1. The third kappa shape index (κ3) is 4.95. The van der Waals surface area contributed by atoms with E-state index in [1.165, 1.54) is 18.4 Å². The van der Waals surface area contributed by atoms with E-state index in [9.17, 15) is 9.90 Å². The van der Waals surface area contributed by atoms with Crippen molar-refractivity contribution >= 4 is 6.09 Å². The number of carbonyl (C=O) groups excluding carboxylic acids is 1. The number of amides is 1. The van der Waals surface area contributed by atoms with Gasteiger partial charge in [-0.1, -0.05) is 6.07 Å². The third-order valence-electron chi connectivity index (χ3n) is 4.97. The van der Waals surface area contributed by atoms with Crippen LogP contribution in [0.3, 0.4) is 0 Å². The van der Waals surface area contributed by atoms with Gasteiger partial charge in [0.1, 0.15) is 11.7 Å². The van der Waals surface area contributed by atoms with Crippen molar-refractivity contribution in [3.63, 3.8) is 0 Å². The van der Waals surface area contributed by atoms with Crippen molar-refractivity contribution < 1.29 is 14.6 Å². The van der Waals surface area contributed by atoms with Gasteiger partial charge in [-0.15, -0.1) is 0 Å². The van der Waals surface area contributed by atoms with E-state index in [0.717, 1.165) is 18.8 Å². The molecule has 1 unspecified atom stereocenters. The van der Waals surface area contributed by atoms with Gasteiger partial charge >= 0.3 is 6.09 Å². The molecule has 3 rings (SSSR count). The molecule has 6 nitrogen and oxygen atoms in total. The van der Waals surface area contributed by atoms with Crippen LogP contribution in [-0.4, -0.2) is 63.8 Å². The van der Waals surface area contributed by atoms with Gasteiger partial charge in [0.15, 0.2) is 0 Å². The number of nitrogens with zero attached hydrogens (tertiary/aromatic N) is 3. The first-order valence-corrected chi connectivity index (χ1v) is 9.59. The molecule has 1 amide bonds. The first kappa shape index (κ1) is 19.1. The normalized spacial score (nSPS) is 23.0. The topological polar surface area (TPSA) is 65.9 Å². The molecule has 1 aliphatic heterocycles. The molecule has 0 spiro atoms. The summed E-state index contributed by atoms with van der Waals surface area (Å²) in [7, 11) is 0. The number of ether oxygens (including phenoxy) is 1. The summed E-state index contributed by atoms with van der Waals surface area (Å²) >= 11 is 0. The minimum atomic E-state index is -0.608. The Morgan fingerprint density at radius 2 is 2.08 bits per heavy atom. The fraction of sp³-hybridized carbons (Fsp3) is 0.700. The maximum absolute atomic E-state index is 12.3. The van der Waals surface area contributed by atoms with Crippen molar-refractivity contribution in [1.29, 1.82) is 0 Å². The van der Waals surface area contributed by atoms with Crippen LogP contribution in [0, 0.1) is 0 Å². The van der Waals surface area contributed by atoms with E-state index in [1.807, 2.05) is 40.0 Å². The molecule has 1 aromatic rings. The van der Waals surface area contributed by atoms with E-state index in [-0.39, 0.29) is 12.1 Å². The highest BCUT2D eigenvalue weighted by Gasteiger charge is 2.31. The zero-order valence-corrected chi connectivity index (χ0v) is 16.3. The first-order valence-electron chi connectivity index (χ1n) is 9.59. The van der Waals surface area contributed by atoms with Gasteiger partial charge in [0.05, 0.1) is 5.69 Å². The highest BCUT2D eigenvalue weighted by molar-refractivity contribution is 5.68. The Morgan fingerprint density at radius 3 is 2.62 bits per heavy atom. The number of pyridine rings is 1. The molecule has 6 heteroatoms. The fourth-order valence-electron chi connectivity index (χ4n) is 3.40. The molecule has 1 saturated carbocycles. The van der Waals surface area contributed by atoms with Crippen LogP contribution in [0.4, 0.5) is 4.79 Å². The molecule has 0 radical (unpaired) electrons. The van der Waals surface area contributed by atoms with Gasteiger partial charge in [-0.3, -0.25) is 9.88 Å². The molecule has 1 aromatic heterocycles. The van der Waals surface area contributed by atoms with Gasteiger partial charge in [-0.05, 0) is 58.1 Å². The molecule has 2 fully saturated rings. The average Bonchev–Trinajstić information content (AvgIpc) is 3.38. The third-order valence-corrected chi connectivity index (χ3v) is 4.97. The van der Waals surface area contributed by atoms with E-state index in [2.05, 4.69) is 16.0 Å². The molecule has 2 heterocycles. The zero-order valence-electron chi connectivity index (χ0n) is 16.3. The summed E-state index contributed by atoms with van der Waals surface area (Å²) in [6.45, 7) is 10.2. The lowest BCUT2D eigenvalue weighted by Crippen LogP contribution is -2.55. The Bertz CT molecular complexity index is 622. The number of aliphatic hydroxyl groups excluding tert-OH is 1. The Morgan fingerprint density at radius 1 is 1.35 bits per heavy atom. The largest absolute Gasteiger partial charge is 0.444 e. The van der Waals surface area contributed by atoms with Crippen LogP contribution in [0.25, 0.3) is 0 Å². The smallest absolute Gasteiger partial charge is 0.410 e. The Labute approximate surface area is 156 Å². The van der Waals surface area contributed by atoms with Gasteiger partial charge in [0.2, 0.25) is 0 Å². The van der Waals surface area contributed by atoms with Crippen molar-refractivity contribution in [2.75, 3.05) is 26.2 Å². The first-order chi connectivity index (χ1) is 12.2. The van der Waals surface area contributed by atoms with Gasteiger partial charge in [-0.25, -0.2) is 4.79 Å². The molecule has 26 heavy (non-hydrogen) atoms. The molecule has 1 aliphatic carbocycles. The summed E-state index contributed by atoms with van der Waals surface area (Å²) in [4.78, 5) is 20.7. The monoisotopic (exact) mass is 361 g/mol. The molecule has 1 saturated heterocycles. The molecule has 0 bridgehead atoms. The van der Waals surface area contributed by atoms with Crippen LogP contribution in [-0.2, 0) is 4.74 Å². The average molecular weight is 361 g/mol. The summed E-state index contributed by atoms with van der Waals surface area (Å²) in [5.74, 6) is 0.676. The Hall–Kier alpha value is -1.66. The maximum atomic E-state index is 12.3. The Kier molecular flexibility index (Phi) is 5.53. The summed E-state index contributed by atoms with van der Waals surface area (Å²) in [6, 6.07) is 4.08. The maximum Gasteiger partial charge on any atom is 0.410 e. The van der Waals surface area contributed by atoms with E-state index < -0.39 is 11.7 Å². The van der Waals surface area contributed by atoms with E-state index >= 15 is 0 Å². The summed E-state index contributed by atoms with van der Waals surface area (Å²) < 4.78 is 5.48. The lowest BCUT2D eigenvalue weighted by atomic mass is 10.1. The summed E-state index contributed by atoms with van der Waals surface area (Å²) in [6.07, 6.45) is 3.54. The van der Waals surface area contributed by atoms with Gasteiger partial charge in [0.25, 0.3) is 0 Å². The predicted molar refractivity (Wildman–Crippen MR) is 100 cm³/mol. The molecule has 0 aromatic carbocycles. The fourth-order valence-corrected chi connectivity index (χ4v) is 3.40. The molecular formula is C20H31N3O3. The molecule has 2 atom stereocenters. The van der Waals surface area contributed by atoms with Crippen molar-refractivity contribution in [1.82, 2.24) is 14.8 Å². The van der Waals surface area contributed by atoms with Crippen LogP contribution >= 0.6 is 0 Å². The minimum Gasteiger partial charge on any atom is -0.444 e. The van der Waals surface area contributed by atoms with Crippen LogP contribution in [0.2, 0.25) is 0 Å². The van der Waals surface area contributed by atoms with Crippen LogP contribution < -0.4 is 0 Å². The molecule has 1 N–H and O–H groups in total.